The Morgan fingerprint density at radius 2 is 1.95 bits per heavy atom. The van der Waals surface area contributed by atoms with E-state index < -0.39 is 16.1 Å². The molecule has 0 aliphatic heterocycles. The van der Waals surface area contributed by atoms with Crippen molar-refractivity contribution in [2.24, 2.45) is 5.14 Å². The van der Waals surface area contributed by atoms with Gasteiger partial charge in [-0.3, -0.25) is 0 Å². The van der Waals surface area contributed by atoms with Crippen LogP contribution in [0.1, 0.15) is 25.7 Å². The second-order valence-electron chi connectivity index (χ2n) is 4.77. The Morgan fingerprint density at radius 3 is 2.55 bits per heavy atom. The molecular formula is C12H16ClN3O3S. The van der Waals surface area contributed by atoms with Crippen LogP contribution in [0, 0.1) is 0 Å². The first-order chi connectivity index (χ1) is 9.36. The third kappa shape index (κ3) is 3.84. The van der Waals surface area contributed by atoms with Crippen LogP contribution in [0.4, 0.5) is 10.5 Å². The summed E-state index contributed by atoms with van der Waals surface area (Å²) < 4.78 is 22.5. The first-order valence-corrected chi connectivity index (χ1v) is 8.18. The average Bonchev–Trinajstić information content (AvgIpc) is 2.83. The molecule has 0 unspecified atom stereocenters. The predicted octanol–water partition coefficient (Wildman–Crippen LogP) is 2.05. The predicted molar refractivity (Wildman–Crippen MR) is 77.2 cm³/mol. The molecule has 1 aliphatic rings. The highest BCUT2D eigenvalue weighted by molar-refractivity contribution is 7.89. The highest BCUT2D eigenvalue weighted by Crippen LogP contribution is 2.25. The summed E-state index contributed by atoms with van der Waals surface area (Å²) in [4.78, 5) is 11.7. The molecule has 20 heavy (non-hydrogen) atoms. The highest BCUT2D eigenvalue weighted by Gasteiger charge is 2.18. The fraction of sp³-hybridized carbons (Fsp3) is 0.417. The molecule has 0 heterocycles. The molecule has 8 heteroatoms. The zero-order valence-electron chi connectivity index (χ0n) is 10.7. The Labute approximate surface area is 122 Å². The molecule has 0 atom stereocenters. The van der Waals surface area contributed by atoms with Crippen LogP contribution in [0.5, 0.6) is 0 Å². The number of nitrogens with two attached hydrogens (primary N) is 1. The third-order valence-corrected chi connectivity index (χ3v) is 4.45. The summed E-state index contributed by atoms with van der Waals surface area (Å²) in [5.74, 6) is 0. The van der Waals surface area contributed by atoms with Gasteiger partial charge >= 0.3 is 6.03 Å². The van der Waals surface area contributed by atoms with Gasteiger partial charge in [-0.1, -0.05) is 24.4 Å². The molecule has 0 radical (unpaired) electrons. The maximum atomic E-state index is 11.8. The number of halogens is 1. The molecule has 0 aromatic heterocycles. The number of sulfonamides is 1. The summed E-state index contributed by atoms with van der Waals surface area (Å²) in [5.41, 5.74) is 0.216. The number of hydrogen-bond acceptors (Lipinski definition) is 3. The smallest absolute Gasteiger partial charge is 0.319 e. The van der Waals surface area contributed by atoms with Gasteiger partial charge in [-0.2, -0.15) is 0 Å². The molecule has 2 amide bonds. The molecule has 1 saturated carbocycles. The Morgan fingerprint density at radius 1 is 1.30 bits per heavy atom. The summed E-state index contributed by atoms with van der Waals surface area (Å²) in [6.45, 7) is 0. The van der Waals surface area contributed by atoms with E-state index in [4.69, 9.17) is 16.7 Å². The van der Waals surface area contributed by atoms with Crippen LogP contribution in [0.25, 0.3) is 0 Å². The van der Waals surface area contributed by atoms with Crippen molar-refractivity contribution in [2.45, 2.75) is 36.6 Å². The SMILES string of the molecule is NS(=O)(=O)c1ccc(Cl)c(NC(=O)NC2CCCC2)c1. The van der Waals surface area contributed by atoms with Crippen LogP contribution in [0.2, 0.25) is 5.02 Å². The molecule has 1 fully saturated rings. The molecule has 0 saturated heterocycles. The summed E-state index contributed by atoms with van der Waals surface area (Å²) in [7, 11) is -3.83. The van der Waals surface area contributed by atoms with Crippen LogP contribution >= 0.6 is 11.6 Å². The lowest BCUT2D eigenvalue weighted by atomic mass is 10.2. The Hall–Kier alpha value is -1.31. The topological polar surface area (TPSA) is 101 Å². The van der Waals surface area contributed by atoms with Gasteiger partial charge in [0.2, 0.25) is 10.0 Å². The fourth-order valence-electron chi connectivity index (χ4n) is 2.19. The lowest BCUT2D eigenvalue weighted by molar-refractivity contribution is 0.248. The van der Waals surface area contributed by atoms with E-state index in [0.717, 1.165) is 25.7 Å². The van der Waals surface area contributed by atoms with Gasteiger partial charge in [0, 0.05) is 6.04 Å². The summed E-state index contributed by atoms with van der Waals surface area (Å²) >= 11 is 5.93. The fourth-order valence-corrected chi connectivity index (χ4v) is 2.90. The van der Waals surface area contributed by atoms with Crippen LogP contribution in [-0.4, -0.2) is 20.5 Å². The lowest BCUT2D eigenvalue weighted by Gasteiger charge is -2.14. The van der Waals surface area contributed by atoms with Crippen LogP contribution < -0.4 is 15.8 Å². The largest absolute Gasteiger partial charge is 0.335 e. The molecule has 2 rings (SSSR count). The normalized spacial score (nSPS) is 16.1. The number of nitrogens with one attached hydrogen (secondary N) is 2. The zero-order valence-corrected chi connectivity index (χ0v) is 12.3. The van der Waals surface area contributed by atoms with E-state index in [1.54, 1.807) is 0 Å². The van der Waals surface area contributed by atoms with Crippen molar-refractivity contribution in [1.29, 1.82) is 0 Å². The van der Waals surface area contributed by atoms with Gasteiger partial charge in [-0.25, -0.2) is 18.4 Å². The van der Waals surface area contributed by atoms with Gasteiger partial charge in [0.25, 0.3) is 0 Å². The van der Waals surface area contributed by atoms with Gasteiger partial charge in [-0.15, -0.1) is 0 Å². The van der Waals surface area contributed by atoms with Gasteiger partial charge in [0.05, 0.1) is 15.6 Å². The number of carbonyl (C=O) groups is 1. The van der Waals surface area contributed by atoms with Crippen molar-refractivity contribution in [3.8, 4) is 0 Å². The Kier molecular flexibility index (Phi) is 4.52. The minimum atomic E-state index is -3.83. The molecular weight excluding hydrogens is 302 g/mol. The van der Waals surface area contributed by atoms with E-state index in [1.807, 2.05) is 0 Å². The van der Waals surface area contributed by atoms with Crippen molar-refractivity contribution in [2.75, 3.05) is 5.32 Å². The first kappa shape index (κ1) is 15.1. The average molecular weight is 318 g/mol. The number of urea groups is 1. The monoisotopic (exact) mass is 317 g/mol. The zero-order chi connectivity index (χ0) is 14.8. The van der Waals surface area contributed by atoms with Crippen molar-refractivity contribution in [1.82, 2.24) is 5.32 Å². The lowest BCUT2D eigenvalue weighted by Crippen LogP contribution is -2.36. The van der Waals surface area contributed by atoms with Gasteiger partial charge in [0.15, 0.2) is 0 Å². The summed E-state index contributed by atoms with van der Waals surface area (Å²) in [6, 6.07) is 3.68. The molecule has 1 aromatic carbocycles. The second-order valence-corrected chi connectivity index (χ2v) is 6.74. The summed E-state index contributed by atoms with van der Waals surface area (Å²) in [5, 5.41) is 10.7. The molecule has 1 aromatic rings. The minimum absolute atomic E-state index is 0.0990. The molecule has 6 nitrogen and oxygen atoms in total. The number of hydrogen-bond donors (Lipinski definition) is 3. The van der Waals surface area contributed by atoms with Crippen LogP contribution in [0.15, 0.2) is 23.1 Å². The first-order valence-electron chi connectivity index (χ1n) is 6.26. The van der Waals surface area contributed by atoms with Crippen molar-refractivity contribution >= 4 is 33.3 Å². The molecule has 0 spiro atoms. The van der Waals surface area contributed by atoms with Crippen LogP contribution in [0.3, 0.4) is 0 Å². The van der Waals surface area contributed by atoms with Crippen molar-refractivity contribution < 1.29 is 13.2 Å². The Balaban J connectivity index is 2.09. The van der Waals surface area contributed by atoms with E-state index in [2.05, 4.69) is 10.6 Å². The quantitative estimate of drug-likeness (QED) is 0.795. The van der Waals surface area contributed by atoms with E-state index in [9.17, 15) is 13.2 Å². The molecule has 4 N–H and O–H groups in total. The summed E-state index contributed by atoms with van der Waals surface area (Å²) in [6.07, 6.45) is 4.12. The van der Waals surface area contributed by atoms with E-state index in [0.29, 0.717) is 0 Å². The highest BCUT2D eigenvalue weighted by atomic mass is 35.5. The van der Waals surface area contributed by atoms with Gasteiger partial charge in [0.1, 0.15) is 0 Å². The molecule has 0 bridgehead atoms. The number of benzene rings is 1. The number of rotatable bonds is 3. The Bertz CT molecular complexity index is 612. The van der Waals surface area contributed by atoms with E-state index >= 15 is 0 Å². The number of primary sulfonamides is 1. The number of anilines is 1. The van der Waals surface area contributed by atoms with Gasteiger partial charge in [-0.05, 0) is 31.0 Å². The minimum Gasteiger partial charge on any atom is -0.335 e. The molecule has 110 valence electrons. The van der Waals surface area contributed by atoms with Crippen LogP contribution in [-0.2, 0) is 10.0 Å². The van der Waals surface area contributed by atoms with Gasteiger partial charge < -0.3 is 10.6 Å². The van der Waals surface area contributed by atoms with E-state index in [-0.39, 0.29) is 21.6 Å². The third-order valence-electron chi connectivity index (χ3n) is 3.20. The maximum Gasteiger partial charge on any atom is 0.319 e. The standard InChI is InChI=1S/C12H16ClN3O3S/c13-10-6-5-9(20(14,18)19)7-11(10)16-12(17)15-8-3-1-2-4-8/h5-8H,1-4H2,(H2,14,18,19)(H2,15,16,17). The molecule has 1 aliphatic carbocycles. The van der Waals surface area contributed by atoms with Crippen molar-refractivity contribution in [3.63, 3.8) is 0 Å². The second kappa shape index (κ2) is 5.99. The number of amides is 2. The maximum absolute atomic E-state index is 11.8. The van der Waals surface area contributed by atoms with E-state index in [1.165, 1.54) is 18.2 Å². The van der Waals surface area contributed by atoms with Crippen molar-refractivity contribution in [3.05, 3.63) is 23.2 Å². The number of carbonyl (C=O) groups excluding carboxylic acids is 1.